The summed E-state index contributed by atoms with van der Waals surface area (Å²) in [5.41, 5.74) is 0. The first-order valence-corrected chi connectivity index (χ1v) is 5.18. The van der Waals surface area contributed by atoms with Gasteiger partial charge in [0.25, 0.3) is 0 Å². The van der Waals surface area contributed by atoms with Gasteiger partial charge in [-0.05, 0) is 31.6 Å². The Hall–Kier alpha value is -0.0800. The molecule has 70 valence electrons. The summed E-state index contributed by atoms with van der Waals surface area (Å²) in [5.74, 6) is 0.959. The maximum Gasteiger partial charge on any atom is 0.0643 e. The topological polar surface area (TPSA) is 21.3 Å². The highest BCUT2D eigenvalue weighted by atomic mass is 16.5. The SMILES string of the molecule is C[C@H]1CC[C@@H](NC2COC2)CC1. The molecule has 12 heavy (non-hydrogen) atoms. The standard InChI is InChI=1S/C10H19NO/c1-8-2-4-9(5-3-8)11-10-6-12-7-10/h8-11H,2-7H2,1H3/t8-,9+. The van der Waals surface area contributed by atoms with Crippen LogP contribution in [-0.4, -0.2) is 25.3 Å². The van der Waals surface area contributed by atoms with Gasteiger partial charge in [-0.25, -0.2) is 0 Å². The van der Waals surface area contributed by atoms with Crippen LogP contribution in [0.4, 0.5) is 0 Å². The van der Waals surface area contributed by atoms with Gasteiger partial charge in [0, 0.05) is 6.04 Å². The largest absolute Gasteiger partial charge is 0.378 e. The molecule has 1 N–H and O–H groups in total. The molecule has 1 saturated heterocycles. The number of rotatable bonds is 2. The van der Waals surface area contributed by atoms with Crippen molar-refractivity contribution in [3.63, 3.8) is 0 Å². The van der Waals surface area contributed by atoms with E-state index >= 15 is 0 Å². The molecule has 2 nitrogen and oxygen atoms in total. The van der Waals surface area contributed by atoms with Crippen molar-refractivity contribution in [1.29, 1.82) is 0 Å². The van der Waals surface area contributed by atoms with E-state index in [1.807, 2.05) is 0 Å². The van der Waals surface area contributed by atoms with E-state index in [1.54, 1.807) is 0 Å². The molecular weight excluding hydrogens is 150 g/mol. The predicted molar refractivity (Wildman–Crippen MR) is 49.2 cm³/mol. The number of ether oxygens (including phenoxy) is 1. The van der Waals surface area contributed by atoms with Gasteiger partial charge in [0.2, 0.25) is 0 Å². The Morgan fingerprint density at radius 3 is 2.17 bits per heavy atom. The van der Waals surface area contributed by atoms with E-state index in [2.05, 4.69) is 12.2 Å². The van der Waals surface area contributed by atoms with Crippen molar-refractivity contribution in [3.8, 4) is 0 Å². The van der Waals surface area contributed by atoms with Gasteiger partial charge in [-0.3, -0.25) is 0 Å². The molecule has 0 amide bonds. The van der Waals surface area contributed by atoms with Crippen molar-refractivity contribution in [3.05, 3.63) is 0 Å². The monoisotopic (exact) mass is 169 g/mol. The molecule has 1 aliphatic carbocycles. The molecule has 1 aliphatic heterocycles. The smallest absolute Gasteiger partial charge is 0.0643 e. The van der Waals surface area contributed by atoms with E-state index in [4.69, 9.17) is 4.74 Å². The van der Waals surface area contributed by atoms with Crippen LogP contribution in [0.1, 0.15) is 32.6 Å². The maximum atomic E-state index is 5.14. The van der Waals surface area contributed by atoms with Gasteiger partial charge in [0.1, 0.15) is 0 Å². The Bertz CT molecular complexity index is 137. The van der Waals surface area contributed by atoms with E-state index in [0.717, 1.165) is 25.2 Å². The Morgan fingerprint density at radius 1 is 1.00 bits per heavy atom. The van der Waals surface area contributed by atoms with Gasteiger partial charge >= 0.3 is 0 Å². The maximum absolute atomic E-state index is 5.14. The van der Waals surface area contributed by atoms with Crippen molar-refractivity contribution in [2.75, 3.05) is 13.2 Å². The summed E-state index contributed by atoms with van der Waals surface area (Å²) in [5, 5.41) is 3.65. The quantitative estimate of drug-likeness (QED) is 0.677. The Kier molecular flexibility index (Phi) is 2.66. The molecule has 0 aromatic heterocycles. The molecule has 2 fully saturated rings. The highest BCUT2D eigenvalue weighted by Gasteiger charge is 2.24. The fourth-order valence-electron chi connectivity index (χ4n) is 2.09. The van der Waals surface area contributed by atoms with E-state index in [9.17, 15) is 0 Å². The first-order chi connectivity index (χ1) is 5.84. The van der Waals surface area contributed by atoms with Gasteiger partial charge in [-0.15, -0.1) is 0 Å². The zero-order chi connectivity index (χ0) is 8.39. The highest BCUT2D eigenvalue weighted by Crippen LogP contribution is 2.24. The number of hydrogen-bond donors (Lipinski definition) is 1. The lowest BCUT2D eigenvalue weighted by Gasteiger charge is -2.34. The second kappa shape index (κ2) is 3.75. The average molecular weight is 169 g/mol. The minimum Gasteiger partial charge on any atom is -0.378 e. The Morgan fingerprint density at radius 2 is 1.67 bits per heavy atom. The predicted octanol–water partition coefficient (Wildman–Crippen LogP) is 1.55. The van der Waals surface area contributed by atoms with E-state index in [-0.39, 0.29) is 0 Å². The minimum absolute atomic E-state index is 0.670. The summed E-state index contributed by atoms with van der Waals surface area (Å²) in [6.45, 7) is 4.24. The molecule has 2 heteroatoms. The fourth-order valence-corrected chi connectivity index (χ4v) is 2.09. The summed E-state index contributed by atoms with van der Waals surface area (Å²) in [7, 11) is 0. The van der Waals surface area contributed by atoms with Gasteiger partial charge in [-0.2, -0.15) is 0 Å². The molecule has 2 rings (SSSR count). The van der Waals surface area contributed by atoms with Crippen LogP contribution < -0.4 is 5.32 Å². The fraction of sp³-hybridized carbons (Fsp3) is 1.00. The van der Waals surface area contributed by atoms with Crippen molar-refractivity contribution < 1.29 is 4.74 Å². The third-order valence-electron chi connectivity index (χ3n) is 3.13. The second-order valence-corrected chi connectivity index (χ2v) is 4.36. The Balaban J connectivity index is 1.67. The van der Waals surface area contributed by atoms with Crippen LogP contribution in [0, 0.1) is 5.92 Å². The third kappa shape index (κ3) is 1.99. The zero-order valence-electron chi connectivity index (χ0n) is 7.88. The van der Waals surface area contributed by atoms with Crippen molar-refractivity contribution >= 4 is 0 Å². The normalized spacial score (nSPS) is 37.8. The Labute approximate surface area is 74.7 Å². The van der Waals surface area contributed by atoms with Crippen LogP contribution in [0.5, 0.6) is 0 Å². The number of nitrogens with one attached hydrogen (secondary N) is 1. The molecule has 2 aliphatic rings. The molecule has 0 radical (unpaired) electrons. The summed E-state index contributed by atoms with van der Waals surface area (Å²) in [4.78, 5) is 0. The average Bonchev–Trinajstić information content (AvgIpc) is 2.00. The van der Waals surface area contributed by atoms with Crippen LogP contribution >= 0.6 is 0 Å². The van der Waals surface area contributed by atoms with Crippen LogP contribution in [0.2, 0.25) is 0 Å². The first-order valence-electron chi connectivity index (χ1n) is 5.18. The molecule has 0 aromatic carbocycles. The van der Waals surface area contributed by atoms with Gasteiger partial charge in [-0.1, -0.05) is 6.92 Å². The number of hydrogen-bond acceptors (Lipinski definition) is 2. The summed E-state index contributed by atoms with van der Waals surface area (Å²) in [6.07, 6.45) is 5.56. The van der Waals surface area contributed by atoms with Crippen LogP contribution in [-0.2, 0) is 4.74 Å². The van der Waals surface area contributed by atoms with E-state index in [0.29, 0.717) is 6.04 Å². The molecule has 0 aromatic rings. The van der Waals surface area contributed by atoms with Crippen LogP contribution in [0.25, 0.3) is 0 Å². The summed E-state index contributed by atoms with van der Waals surface area (Å²) < 4.78 is 5.14. The lowest BCUT2D eigenvalue weighted by atomic mass is 9.87. The van der Waals surface area contributed by atoms with Gasteiger partial charge < -0.3 is 10.1 Å². The van der Waals surface area contributed by atoms with Crippen molar-refractivity contribution in [2.24, 2.45) is 5.92 Å². The second-order valence-electron chi connectivity index (χ2n) is 4.36. The van der Waals surface area contributed by atoms with Crippen molar-refractivity contribution in [1.82, 2.24) is 5.32 Å². The first kappa shape index (κ1) is 8.52. The third-order valence-corrected chi connectivity index (χ3v) is 3.13. The molecule has 1 saturated carbocycles. The van der Waals surface area contributed by atoms with Gasteiger partial charge in [0.05, 0.1) is 19.3 Å². The van der Waals surface area contributed by atoms with Crippen LogP contribution in [0.15, 0.2) is 0 Å². The summed E-state index contributed by atoms with van der Waals surface area (Å²) >= 11 is 0. The molecule has 0 atom stereocenters. The van der Waals surface area contributed by atoms with Gasteiger partial charge in [0.15, 0.2) is 0 Å². The summed E-state index contributed by atoms with van der Waals surface area (Å²) in [6, 6.07) is 1.46. The molecular formula is C10H19NO. The zero-order valence-corrected chi connectivity index (χ0v) is 7.88. The lowest BCUT2D eigenvalue weighted by Crippen LogP contribution is -2.51. The van der Waals surface area contributed by atoms with Crippen LogP contribution in [0.3, 0.4) is 0 Å². The molecule has 0 unspecified atom stereocenters. The molecule has 1 heterocycles. The molecule has 0 spiro atoms. The van der Waals surface area contributed by atoms with E-state index < -0.39 is 0 Å². The highest BCUT2D eigenvalue weighted by molar-refractivity contribution is 4.81. The molecule has 0 bridgehead atoms. The minimum atomic E-state index is 0.670. The van der Waals surface area contributed by atoms with E-state index in [1.165, 1.54) is 25.7 Å². The lowest BCUT2D eigenvalue weighted by molar-refractivity contribution is -0.0125. The van der Waals surface area contributed by atoms with Crippen molar-refractivity contribution in [2.45, 2.75) is 44.7 Å².